The molecule has 3 aromatic rings. The number of hydrogen-bond acceptors (Lipinski definition) is 5. The molecule has 1 atom stereocenters. The van der Waals surface area contributed by atoms with Crippen LogP contribution in [-0.4, -0.2) is 49.5 Å². The Hall–Kier alpha value is -3.28. The van der Waals surface area contributed by atoms with Gasteiger partial charge in [-0.15, -0.1) is 0 Å². The standard InChI is InChI=1S/C33H39NO4/c1-24-23-28(16-17-30(24)25(2)33(36)37-3)31(35)15-10-20-34-21-18-29(19-22-34)38-32(26-11-6-4-7-12-26)27-13-8-5-9-14-27/h4-9,11-14,16-17,23,25,29,32H,10,15,18-22H2,1-3H3. The highest BCUT2D eigenvalue weighted by atomic mass is 16.5. The van der Waals surface area contributed by atoms with Crippen molar-refractivity contribution in [3.05, 3.63) is 107 Å². The van der Waals surface area contributed by atoms with E-state index in [1.54, 1.807) is 0 Å². The summed E-state index contributed by atoms with van der Waals surface area (Å²) >= 11 is 0. The Morgan fingerprint density at radius 3 is 2.08 bits per heavy atom. The molecule has 0 amide bonds. The maximum atomic E-state index is 12.8. The highest BCUT2D eigenvalue weighted by Gasteiger charge is 2.25. The van der Waals surface area contributed by atoms with E-state index in [-0.39, 0.29) is 29.9 Å². The van der Waals surface area contributed by atoms with Crippen molar-refractivity contribution in [1.29, 1.82) is 0 Å². The van der Waals surface area contributed by atoms with Gasteiger partial charge in [-0.1, -0.05) is 72.8 Å². The monoisotopic (exact) mass is 513 g/mol. The summed E-state index contributed by atoms with van der Waals surface area (Å²) in [6.45, 7) is 6.64. The van der Waals surface area contributed by atoms with Gasteiger partial charge in [0.25, 0.3) is 0 Å². The fourth-order valence-corrected chi connectivity index (χ4v) is 5.31. The van der Waals surface area contributed by atoms with Gasteiger partial charge < -0.3 is 14.4 Å². The first-order chi connectivity index (χ1) is 18.5. The van der Waals surface area contributed by atoms with Gasteiger partial charge in [-0.3, -0.25) is 9.59 Å². The number of piperidine rings is 1. The van der Waals surface area contributed by atoms with Gasteiger partial charge in [0.1, 0.15) is 6.10 Å². The van der Waals surface area contributed by atoms with Gasteiger partial charge >= 0.3 is 5.97 Å². The molecule has 38 heavy (non-hydrogen) atoms. The van der Waals surface area contributed by atoms with Crippen LogP contribution in [0, 0.1) is 6.92 Å². The first kappa shape index (κ1) is 27.7. The van der Waals surface area contributed by atoms with Crippen LogP contribution in [0.4, 0.5) is 0 Å². The lowest BCUT2D eigenvalue weighted by Crippen LogP contribution is -2.38. The number of rotatable bonds is 11. The molecular formula is C33H39NO4. The van der Waals surface area contributed by atoms with Crippen molar-refractivity contribution in [2.45, 2.75) is 57.7 Å². The van der Waals surface area contributed by atoms with Crippen molar-refractivity contribution < 1.29 is 19.1 Å². The quantitative estimate of drug-likeness (QED) is 0.216. The molecule has 0 aromatic heterocycles. The summed E-state index contributed by atoms with van der Waals surface area (Å²) in [7, 11) is 1.40. The molecule has 1 fully saturated rings. The molecule has 1 aliphatic heterocycles. The number of methoxy groups -OCH3 is 1. The zero-order valence-electron chi connectivity index (χ0n) is 22.8. The van der Waals surface area contributed by atoms with Crippen LogP contribution in [0.25, 0.3) is 0 Å². The Balaban J connectivity index is 1.24. The number of nitrogens with zero attached hydrogens (tertiary/aromatic N) is 1. The van der Waals surface area contributed by atoms with Crippen LogP contribution in [0.15, 0.2) is 78.9 Å². The zero-order chi connectivity index (χ0) is 26.9. The lowest BCUT2D eigenvalue weighted by Gasteiger charge is -2.34. The van der Waals surface area contributed by atoms with Crippen LogP contribution in [0.1, 0.15) is 77.2 Å². The topological polar surface area (TPSA) is 55.8 Å². The van der Waals surface area contributed by atoms with E-state index in [9.17, 15) is 9.59 Å². The van der Waals surface area contributed by atoms with Crippen LogP contribution < -0.4 is 0 Å². The Kier molecular flexibility index (Phi) is 9.85. The normalized spacial score (nSPS) is 15.4. The molecule has 5 nitrogen and oxygen atoms in total. The predicted molar refractivity (Wildman–Crippen MR) is 150 cm³/mol. The second kappa shape index (κ2) is 13.5. The van der Waals surface area contributed by atoms with Gasteiger partial charge in [0.2, 0.25) is 0 Å². The molecular weight excluding hydrogens is 474 g/mol. The van der Waals surface area contributed by atoms with Gasteiger partial charge in [-0.05, 0) is 68.0 Å². The predicted octanol–water partition coefficient (Wildman–Crippen LogP) is 6.51. The molecule has 4 rings (SSSR count). The minimum Gasteiger partial charge on any atom is -0.469 e. The first-order valence-corrected chi connectivity index (χ1v) is 13.7. The summed E-state index contributed by atoms with van der Waals surface area (Å²) in [5.41, 5.74) is 4.93. The summed E-state index contributed by atoms with van der Waals surface area (Å²) in [5.74, 6) is -0.458. The highest BCUT2D eigenvalue weighted by molar-refractivity contribution is 5.96. The van der Waals surface area contributed by atoms with Crippen LogP contribution in [0.5, 0.6) is 0 Å². The Morgan fingerprint density at radius 2 is 1.53 bits per heavy atom. The van der Waals surface area contributed by atoms with E-state index in [0.29, 0.717) is 12.0 Å². The van der Waals surface area contributed by atoms with Crippen LogP contribution >= 0.6 is 0 Å². The first-order valence-electron chi connectivity index (χ1n) is 13.7. The van der Waals surface area contributed by atoms with Gasteiger partial charge in [0, 0.05) is 25.1 Å². The third kappa shape index (κ3) is 7.18. The van der Waals surface area contributed by atoms with Crippen molar-refractivity contribution in [1.82, 2.24) is 4.90 Å². The third-order valence-corrected chi connectivity index (χ3v) is 7.56. The molecule has 0 saturated carbocycles. The van der Waals surface area contributed by atoms with Gasteiger partial charge in [0.15, 0.2) is 5.78 Å². The zero-order valence-corrected chi connectivity index (χ0v) is 22.8. The Bertz CT molecular complexity index is 1150. The maximum absolute atomic E-state index is 12.8. The molecule has 0 spiro atoms. The molecule has 1 saturated heterocycles. The number of likely N-dealkylation sites (tertiary alicyclic amines) is 1. The third-order valence-electron chi connectivity index (χ3n) is 7.56. The number of carbonyl (C=O) groups is 2. The van der Waals surface area contributed by atoms with Crippen molar-refractivity contribution in [3.8, 4) is 0 Å². The summed E-state index contributed by atoms with van der Waals surface area (Å²) in [4.78, 5) is 27.1. The van der Waals surface area contributed by atoms with Crippen molar-refractivity contribution in [2.75, 3.05) is 26.7 Å². The number of hydrogen-bond donors (Lipinski definition) is 0. The van der Waals surface area contributed by atoms with Crippen molar-refractivity contribution in [3.63, 3.8) is 0 Å². The number of ether oxygens (including phenoxy) is 2. The van der Waals surface area contributed by atoms with E-state index in [2.05, 4.69) is 53.4 Å². The van der Waals surface area contributed by atoms with E-state index in [1.165, 1.54) is 18.2 Å². The number of ketones is 1. The largest absolute Gasteiger partial charge is 0.469 e. The number of benzene rings is 3. The van der Waals surface area contributed by atoms with Gasteiger partial charge in [0.05, 0.1) is 19.1 Å². The second-order valence-corrected chi connectivity index (χ2v) is 10.2. The van der Waals surface area contributed by atoms with Crippen LogP contribution in [0.2, 0.25) is 0 Å². The smallest absolute Gasteiger partial charge is 0.312 e. The summed E-state index contributed by atoms with van der Waals surface area (Å²) in [6, 6.07) is 26.5. The second-order valence-electron chi connectivity index (χ2n) is 10.2. The summed E-state index contributed by atoms with van der Waals surface area (Å²) in [6.07, 6.45) is 3.49. The van der Waals surface area contributed by atoms with Gasteiger partial charge in [-0.2, -0.15) is 0 Å². The van der Waals surface area contributed by atoms with E-state index in [4.69, 9.17) is 9.47 Å². The molecule has 200 valence electrons. The van der Waals surface area contributed by atoms with Gasteiger partial charge in [-0.25, -0.2) is 0 Å². The summed E-state index contributed by atoms with van der Waals surface area (Å²) < 4.78 is 11.5. The minimum atomic E-state index is -0.341. The van der Waals surface area contributed by atoms with E-state index in [1.807, 2.05) is 44.2 Å². The highest BCUT2D eigenvalue weighted by Crippen LogP contribution is 2.30. The maximum Gasteiger partial charge on any atom is 0.312 e. The Morgan fingerprint density at radius 1 is 0.921 bits per heavy atom. The van der Waals surface area contributed by atoms with E-state index < -0.39 is 0 Å². The molecule has 0 N–H and O–H groups in total. The fourth-order valence-electron chi connectivity index (χ4n) is 5.31. The number of aryl methyl sites for hydroxylation is 1. The molecule has 3 aromatic carbocycles. The fraction of sp³-hybridized carbons (Fsp3) is 0.394. The van der Waals surface area contributed by atoms with Crippen molar-refractivity contribution >= 4 is 11.8 Å². The molecule has 1 unspecified atom stereocenters. The average Bonchev–Trinajstić information content (AvgIpc) is 2.96. The lowest BCUT2D eigenvalue weighted by atomic mass is 9.93. The molecule has 0 aliphatic carbocycles. The van der Waals surface area contributed by atoms with E-state index >= 15 is 0 Å². The lowest BCUT2D eigenvalue weighted by molar-refractivity contribution is -0.142. The molecule has 5 heteroatoms. The Labute approximate surface area is 226 Å². The van der Waals surface area contributed by atoms with E-state index in [0.717, 1.165) is 50.0 Å². The van der Waals surface area contributed by atoms with Crippen LogP contribution in [0.3, 0.4) is 0 Å². The number of carbonyl (C=O) groups excluding carboxylic acids is 2. The number of Topliss-reactive ketones (excluding diaryl/α,β-unsaturated/α-hetero) is 1. The van der Waals surface area contributed by atoms with Crippen molar-refractivity contribution in [2.24, 2.45) is 0 Å². The molecule has 1 aliphatic rings. The number of esters is 1. The molecule has 0 radical (unpaired) electrons. The molecule has 0 bridgehead atoms. The summed E-state index contributed by atoms with van der Waals surface area (Å²) in [5, 5.41) is 0. The SMILES string of the molecule is COC(=O)C(C)c1ccc(C(=O)CCCN2CCC(OC(c3ccccc3)c3ccccc3)CC2)cc1C. The molecule has 1 heterocycles. The average molecular weight is 514 g/mol. The van der Waals surface area contributed by atoms with Crippen LogP contribution in [-0.2, 0) is 14.3 Å². The minimum absolute atomic E-state index is 0.0583.